The largest absolute Gasteiger partial charge is 0.493 e. The minimum Gasteiger partial charge on any atom is -0.493 e. The number of ether oxygens (including phenoxy) is 3. The average Bonchev–Trinajstić information content (AvgIpc) is 2.59. The van der Waals surface area contributed by atoms with Crippen molar-refractivity contribution in [3.05, 3.63) is 17.7 Å². The summed E-state index contributed by atoms with van der Waals surface area (Å²) >= 11 is 0. The monoisotopic (exact) mass is 376 g/mol. The Morgan fingerprint density at radius 3 is 1.96 bits per heavy atom. The van der Waals surface area contributed by atoms with E-state index < -0.39 is 12.7 Å². The molecule has 1 heterocycles. The standard InChI is InChI=1S/C17H23F3N2O4/c1-24-13-8-12(9-14(25-2)16(13)26-3)10-15(23)22-6-4-21(5-7-22)11-17(18,19)20/h8-9H,4-7,10-11H2,1-3H3. The zero-order valence-corrected chi connectivity index (χ0v) is 15.1. The Hall–Kier alpha value is -2.16. The summed E-state index contributed by atoms with van der Waals surface area (Å²) < 4.78 is 53.1. The van der Waals surface area contributed by atoms with E-state index in [0.717, 1.165) is 0 Å². The van der Waals surface area contributed by atoms with E-state index >= 15 is 0 Å². The minimum atomic E-state index is -4.22. The molecule has 0 atom stereocenters. The van der Waals surface area contributed by atoms with E-state index in [1.54, 1.807) is 17.0 Å². The van der Waals surface area contributed by atoms with Crippen LogP contribution in [0.5, 0.6) is 17.2 Å². The van der Waals surface area contributed by atoms with Crippen molar-refractivity contribution in [2.75, 3.05) is 54.1 Å². The fraction of sp³-hybridized carbons (Fsp3) is 0.588. The molecule has 0 bridgehead atoms. The van der Waals surface area contributed by atoms with Crippen LogP contribution in [0.2, 0.25) is 0 Å². The number of nitrogens with zero attached hydrogens (tertiary/aromatic N) is 2. The van der Waals surface area contributed by atoms with Gasteiger partial charge >= 0.3 is 6.18 Å². The predicted octanol–water partition coefficient (Wildman–Crippen LogP) is 1.96. The van der Waals surface area contributed by atoms with Gasteiger partial charge in [0.15, 0.2) is 11.5 Å². The summed E-state index contributed by atoms with van der Waals surface area (Å²) in [5.74, 6) is 1.19. The topological polar surface area (TPSA) is 51.2 Å². The Morgan fingerprint density at radius 2 is 1.54 bits per heavy atom. The Labute approximate surface area is 150 Å². The maximum Gasteiger partial charge on any atom is 0.401 e. The normalized spacial score (nSPS) is 15.7. The first-order valence-electron chi connectivity index (χ1n) is 8.13. The van der Waals surface area contributed by atoms with E-state index in [1.807, 2.05) is 0 Å². The van der Waals surface area contributed by atoms with Gasteiger partial charge in [-0.25, -0.2) is 0 Å². The van der Waals surface area contributed by atoms with Gasteiger partial charge in [0.1, 0.15) is 0 Å². The van der Waals surface area contributed by atoms with Crippen molar-refractivity contribution in [1.29, 1.82) is 0 Å². The van der Waals surface area contributed by atoms with Gasteiger partial charge < -0.3 is 19.1 Å². The van der Waals surface area contributed by atoms with Crippen LogP contribution in [0.15, 0.2) is 12.1 Å². The van der Waals surface area contributed by atoms with Gasteiger partial charge in [0.05, 0.1) is 34.3 Å². The second-order valence-corrected chi connectivity index (χ2v) is 5.98. The second kappa shape index (κ2) is 8.48. The van der Waals surface area contributed by atoms with Crippen LogP contribution in [-0.4, -0.2) is 75.9 Å². The van der Waals surface area contributed by atoms with Crippen LogP contribution in [0, 0.1) is 0 Å². The van der Waals surface area contributed by atoms with Crippen LogP contribution in [-0.2, 0) is 11.2 Å². The summed E-state index contributed by atoms with van der Waals surface area (Å²) in [4.78, 5) is 15.4. The molecule has 6 nitrogen and oxygen atoms in total. The predicted molar refractivity (Wildman–Crippen MR) is 88.9 cm³/mol. The van der Waals surface area contributed by atoms with Crippen molar-refractivity contribution in [1.82, 2.24) is 9.80 Å². The van der Waals surface area contributed by atoms with Gasteiger partial charge in [-0.2, -0.15) is 13.2 Å². The van der Waals surface area contributed by atoms with Gasteiger partial charge in [0.2, 0.25) is 11.7 Å². The van der Waals surface area contributed by atoms with E-state index in [2.05, 4.69) is 0 Å². The molecule has 146 valence electrons. The number of hydrogen-bond acceptors (Lipinski definition) is 5. The number of rotatable bonds is 6. The van der Waals surface area contributed by atoms with Gasteiger partial charge in [0.25, 0.3) is 0 Å². The van der Waals surface area contributed by atoms with Crippen molar-refractivity contribution >= 4 is 5.91 Å². The molecule has 0 unspecified atom stereocenters. The zero-order chi connectivity index (χ0) is 19.3. The molecule has 0 aliphatic carbocycles. The molecule has 0 N–H and O–H groups in total. The molecule has 2 rings (SSSR count). The van der Waals surface area contributed by atoms with E-state index in [-0.39, 0.29) is 38.5 Å². The lowest BCUT2D eigenvalue weighted by atomic mass is 10.1. The summed E-state index contributed by atoms with van der Waals surface area (Å²) in [6, 6.07) is 3.39. The molecule has 1 aliphatic heterocycles. The SMILES string of the molecule is COc1cc(CC(=O)N2CCN(CC(F)(F)F)CC2)cc(OC)c1OC. The first-order chi connectivity index (χ1) is 12.3. The number of benzene rings is 1. The zero-order valence-electron chi connectivity index (χ0n) is 15.1. The molecule has 1 fully saturated rings. The molecule has 1 amide bonds. The number of carbonyl (C=O) groups is 1. The Kier molecular flexibility index (Phi) is 6.57. The number of methoxy groups -OCH3 is 3. The number of piperazine rings is 1. The Bertz CT molecular complexity index is 604. The molecule has 1 saturated heterocycles. The van der Waals surface area contributed by atoms with Crippen molar-refractivity contribution in [3.8, 4) is 17.2 Å². The van der Waals surface area contributed by atoms with Gasteiger partial charge in [-0.15, -0.1) is 0 Å². The van der Waals surface area contributed by atoms with E-state index in [4.69, 9.17) is 14.2 Å². The maximum atomic E-state index is 12.5. The van der Waals surface area contributed by atoms with E-state index in [0.29, 0.717) is 22.8 Å². The molecule has 1 aliphatic rings. The molecule has 26 heavy (non-hydrogen) atoms. The van der Waals surface area contributed by atoms with Gasteiger partial charge in [0, 0.05) is 26.2 Å². The summed E-state index contributed by atoms with van der Waals surface area (Å²) in [5.41, 5.74) is 0.683. The molecule has 0 spiro atoms. The number of halogens is 3. The summed E-state index contributed by atoms with van der Waals surface area (Å²) in [6.45, 7) is 0.0294. The average molecular weight is 376 g/mol. The fourth-order valence-electron chi connectivity index (χ4n) is 2.93. The van der Waals surface area contributed by atoms with Crippen molar-refractivity contribution < 1.29 is 32.2 Å². The molecular weight excluding hydrogens is 353 g/mol. The highest BCUT2D eigenvalue weighted by atomic mass is 19.4. The second-order valence-electron chi connectivity index (χ2n) is 5.98. The third-order valence-electron chi connectivity index (χ3n) is 4.21. The summed E-state index contributed by atoms with van der Waals surface area (Å²) in [6.07, 6.45) is -4.11. The highest BCUT2D eigenvalue weighted by molar-refractivity contribution is 5.79. The smallest absolute Gasteiger partial charge is 0.401 e. The minimum absolute atomic E-state index is 0.107. The number of alkyl halides is 3. The molecule has 0 saturated carbocycles. The van der Waals surface area contributed by atoms with Crippen LogP contribution in [0.3, 0.4) is 0 Å². The lowest BCUT2D eigenvalue weighted by Crippen LogP contribution is -2.51. The summed E-state index contributed by atoms with van der Waals surface area (Å²) in [7, 11) is 4.47. The maximum absolute atomic E-state index is 12.5. The Morgan fingerprint density at radius 1 is 1.00 bits per heavy atom. The quantitative estimate of drug-likeness (QED) is 0.760. The van der Waals surface area contributed by atoms with Crippen molar-refractivity contribution in [2.45, 2.75) is 12.6 Å². The lowest BCUT2D eigenvalue weighted by Gasteiger charge is -2.35. The molecule has 1 aromatic rings. The molecular formula is C17H23F3N2O4. The van der Waals surface area contributed by atoms with E-state index in [9.17, 15) is 18.0 Å². The Balaban J connectivity index is 2.00. The van der Waals surface area contributed by atoms with Crippen LogP contribution in [0.1, 0.15) is 5.56 Å². The van der Waals surface area contributed by atoms with Crippen LogP contribution >= 0.6 is 0 Å². The first-order valence-corrected chi connectivity index (χ1v) is 8.13. The number of hydrogen-bond donors (Lipinski definition) is 0. The first kappa shape index (κ1) is 20.2. The third kappa shape index (κ3) is 5.17. The molecule has 1 aromatic carbocycles. The van der Waals surface area contributed by atoms with Gasteiger partial charge in [-0.05, 0) is 17.7 Å². The van der Waals surface area contributed by atoms with Crippen LogP contribution in [0.4, 0.5) is 13.2 Å². The lowest BCUT2D eigenvalue weighted by molar-refractivity contribution is -0.151. The number of carbonyl (C=O) groups excluding carboxylic acids is 1. The van der Waals surface area contributed by atoms with E-state index in [1.165, 1.54) is 26.2 Å². The highest BCUT2D eigenvalue weighted by Crippen LogP contribution is 2.38. The fourth-order valence-corrected chi connectivity index (χ4v) is 2.93. The van der Waals surface area contributed by atoms with Crippen LogP contribution < -0.4 is 14.2 Å². The summed E-state index contributed by atoms with van der Waals surface area (Å²) in [5, 5.41) is 0. The van der Waals surface area contributed by atoms with Crippen molar-refractivity contribution in [2.24, 2.45) is 0 Å². The highest BCUT2D eigenvalue weighted by Gasteiger charge is 2.32. The van der Waals surface area contributed by atoms with Crippen molar-refractivity contribution in [3.63, 3.8) is 0 Å². The molecule has 0 aromatic heterocycles. The number of amides is 1. The molecule has 9 heteroatoms. The van der Waals surface area contributed by atoms with Gasteiger partial charge in [-0.3, -0.25) is 9.69 Å². The third-order valence-corrected chi connectivity index (χ3v) is 4.21. The molecule has 0 radical (unpaired) electrons. The van der Waals surface area contributed by atoms with Gasteiger partial charge in [-0.1, -0.05) is 0 Å². The van der Waals surface area contributed by atoms with Crippen LogP contribution in [0.25, 0.3) is 0 Å².